The maximum absolute atomic E-state index is 12.0. The van der Waals surface area contributed by atoms with E-state index in [0.717, 1.165) is 0 Å². The molecule has 1 heterocycles. The van der Waals surface area contributed by atoms with Gasteiger partial charge in [0.1, 0.15) is 18.2 Å². The lowest BCUT2D eigenvalue weighted by Gasteiger charge is -2.40. The lowest BCUT2D eigenvalue weighted by atomic mass is 9.87. The van der Waals surface area contributed by atoms with Crippen LogP contribution in [0.2, 0.25) is 0 Å². The van der Waals surface area contributed by atoms with E-state index in [4.69, 9.17) is 4.74 Å². The number of aliphatic hydroxyl groups is 3. The lowest BCUT2D eigenvalue weighted by molar-refractivity contribution is -0.245. The lowest BCUT2D eigenvalue weighted by Crippen LogP contribution is -2.65. The topological polar surface area (TPSA) is 111 Å². The van der Waals surface area contributed by atoms with Crippen LogP contribution in [-0.4, -0.2) is 57.8 Å². The van der Waals surface area contributed by atoms with E-state index in [1.807, 2.05) is 20.8 Å². The molecule has 6 atom stereocenters. The molecule has 5 N–H and O–H groups in total. The number of carbonyl (C=O) groups is 1. The van der Waals surface area contributed by atoms with Crippen molar-refractivity contribution in [2.45, 2.75) is 71.3 Å². The van der Waals surface area contributed by atoms with Crippen LogP contribution in [0.4, 0.5) is 0 Å². The predicted octanol–water partition coefficient (Wildman–Crippen LogP) is -1.09. The minimum Gasteiger partial charge on any atom is -0.388 e. The molecule has 20 heavy (non-hydrogen) atoms. The van der Waals surface area contributed by atoms with Gasteiger partial charge in [-0.1, -0.05) is 20.8 Å². The van der Waals surface area contributed by atoms with Gasteiger partial charge in [-0.3, -0.25) is 4.79 Å². The van der Waals surface area contributed by atoms with Gasteiger partial charge in [-0.15, -0.1) is 0 Å². The average molecular weight is 290 g/mol. The maximum atomic E-state index is 12.0. The van der Waals surface area contributed by atoms with E-state index >= 15 is 0 Å². The Morgan fingerprint density at radius 3 is 2.25 bits per heavy atom. The molecule has 0 radical (unpaired) electrons. The highest BCUT2D eigenvalue weighted by Gasteiger charge is 2.42. The first-order chi connectivity index (χ1) is 9.05. The van der Waals surface area contributed by atoms with Crippen molar-refractivity contribution in [1.29, 1.82) is 0 Å². The Balaban J connectivity index is 2.58. The van der Waals surface area contributed by atoms with E-state index in [2.05, 4.69) is 10.9 Å². The second-order valence-corrected chi connectivity index (χ2v) is 6.36. The summed E-state index contributed by atoms with van der Waals surface area (Å²) in [6, 6.07) is -1.43. The highest BCUT2D eigenvalue weighted by Crippen LogP contribution is 2.20. The normalized spacial score (nSPS) is 36.7. The fourth-order valence-electron chi connectivity index (χ4n) is 2.14. The Morgan fingerprint density at radius 1 is 1.20 bits per heavy atom. The highest BCUT2D eigenvalue weighted by molar-refractivity contribution is 5.88. The number of hydrogen-bond donors (Lipinski definition) is 5. The summed E-state index contributed by atoms with van der Waals surface area (Å²) in [5.74, 6) is -0.0142. The van der Waals surface area contributed by atoms with E-state index in [0.29, 0.717) is 0 Å². The van der Waals surface area contributed by atoms with Crippen LogP contribution in [0.25, 0.3) is 0 Å². The van der Waals surface area contributed by atoms with Gasteiger partial charge >= 0.3 is 0 Å². The second-order valence-electron chi connectivity index (χ2n) is 6.36. The SMILES string of the molecule is C[C@H](NN[C@H]1C(O)O[C@H](C)[C@@H](O)[C@@H]1O)C(=O)C(C)(C)C. The first kappa shape index (κ1) is 17.5. The van der Waals surface area contributed by atoms with Gasteiger partial charge in [-0.25, -0.2) is 10.9 Å². The zero-order valence-corrected chi connectivity index (χ0v) is 12.6. The van der Waals surface area contributed by atoms with Gasteiger partial charge in [-0.05, 0) is 13.8 Å². The van der Waals surface area contributed by atoms with Crippen molar-refractivity contribution in [3.8, 4) is 0 Å². The van der Waals surface area contributed by atoms with Gasteiger partial charge in [-0.2, -0.15) is 0 Å². The smallest absolute Gasteiger partial charge is 0.174 e. The molecule has 7 heteroatoms. The summed E-state index contributed by atoms with van der Waals surface area (Å²) >= 11 is 0. The third-order valence-electron chi connectivity index (χ3n) is 3.46. The molecular formula is C13H26N2O5. The molecule has 1 aliphatic rings. The number of rotatable bonds is 4. The van der Waals surface area contributed by atoms with Crippen molar-refractivity contribution in [1.82, 2.24) is 10.9 Å². The molecule has 1 aliphatic heterocycles. The summed E-state index contributed by atoms with van der Waals surface area (Å²) in [7, 11) is 0. The van der Waals surface area contributed by atoms with Crippen molar-refractivity contribution in [3.05, 3.63) is 0 Å². The number of ether oxygens (including phenoxy) is 1. The number of nitrogens with one attached hydrogen (secondary N) is 2. The molecule has 118 valence electrons. The molecule has 0 bridgehead atoms. The third kappa shape index (κ3) is 3.97. The zero-order valence-electron chi connectivity index (χ0n) is 12.6. The van der Waals surface area contributed by atoms with Crippen LogP contribution in [0.15, 0.2) is 0 Å². The van der Waals surface area contributed by atoms with Gasteiger partial charge in [0.25, 0.3) is 0 Å². The molecular weight excluding hydrogens is 264 g/mol. The molecule has 0 aliphatic carbocycles. The second kappa shape index (κ2) is 6.46. The minimum absolute atomic E-state index is 0.0142. The Kier molecular flexibility index (Phi) is 5.65. The average Bonchev–Trinajstić information content (AvgIpc) is 2.33. The monoisotopic (exact) mass is 290 g/mol. The van der Waals surface area contributed by atoms with Gasteiger partial charge < -0.3 is 20.1 Å². The Hall–Kier alpha value is -0.570. The van der Waals surface area contributed by atoms with E-state index in [1.165, 1.54) is 0 Å². The van der Waals surface area contributed by atoms with Crippen LogP contribution in [0.1, 0.15) is 34.6 Å². The minimum atomic E-state index is -1.27. The van der Waals surface area contributed by atoms with Crippen LogP contribution in [0, 0.1) is 5.41 Å². The maximum Gasteiger partial charge on any atom is 0.174 e. The first-order valence-electron chi connectivity index (χ1n) is 6.80. The fraction of sp³-hybridized carbons (Fsp3) is 0.923. The molecule has 1 rings (SSSR count). The van der Waals surface area contributed by atoms with Crippen LogP contribution < -0.4 is 10.9 Å². The highest BCUT2D eigenvalue weighted by atomic mass is 16.6. The van der Waals surface area contributed by atoms with Gasteiger partial charge in [0.2, 0.25) is 0 Å². The molecule has 0 amide bonds. The summed E-state index contributed by atoms with van der Waals surface area (Å²) in [6.07, 6.45) is -4.23. The first-order valence-corrected chi connectivity index (χ1v) is 6.80. The molecule has 7 nitrogen and oxygen atoms in total. The van der Waals surface area contributed by atoms with Gasteiger partial charge in [0.15, 0.2) is 12.1 Å². The Morgan fingerprint density at radius 2 is 1.75 bits per heavy atom. The summed E-state index contributed by atoms with van der Waals surface area (Å²) in [4.78, 5) is 12.0. The Bertz CT molecular complexity index is 344. The molecule has 0 aromatic rings. The molecule has 0 aromatic carbocycles. The van der Waals surface area contributed by atoms with E-state index in [9.17, 15) is 20.1 Å². The van der Waals surface area contributed by atoms with Crippen molar-refractivity contribution in [2.75, 3.05) is 0 Å². The largest absolute Gasteiger partial charge is 0.388 e. The van der Waals surface area contributed by atoms with Crippen LogP contribution in [-0.2, 0) is 9.53 Å². The predicted molar refractivity (Wildman–Crippen MR) is 72.6 cm³/mol. The van der Waals surface area contributed by atoms with Crippen molar-refractivity contribution in [3.63, 3.8) is 0 Å². The van der Waals surface area contributed by atoms with Gasteiger partial charge in [0.05, 0.1) is 12.1 Å². The molecule has 1 unspecified atom stereocenters. The van der Waals surface area contributed by atoms with E-state index in [-0.39, 0.29) is 5.78 Å². The van der Waals surface area contributed by atoms with Crippen molar-refractivity contribution < 1.29 is 24.9 Å². The molecule has 0 spiro atoms. The summed E-state index contributed by atoms with van der Waals surface area (Å²) in [5.41, 5.74) is 4.92. The van der Waals surface area contributed by atoms with Gasteiger partial charge in [0, 0.05) is 5.41 Å². The number of hydrogen-bond acceptors (Lipinski definition) is 7. The zero-order chi connectivity index (χ0) is 15.7. The van der Waals surface area contributed by atoms with E-state index in [1.54, 1.807) is 13.8 Å². The molecule has 0 aromatic heterocycles. The van der Waals surface area contributed by atoms with Crippen molar-refractivity contribution in [2.24, 2.45) is 5.41 Å². The molecule has 1 fully saturated rings. The molecule has 0 saturated carbocycles. The number of carbonyl (C=O) groups excluding carboxylic acids is 1. The van der Waals surface area contributed by atoms with Crippen LogP contribution >= 0.6 is 0 Å². The number of hydrazine groups is 1. The van der Waals surface area contributed by atoms with Crippen molar-refractivity contribution >= 4 is 5.78 Å². The number of Topliss-reactive ketones (excluding diaryl/α,β-unsaturated/α-hetero) is 1. The Labute approximate surface area is 119 Å². The summed E-state index contributed by atoms with van der Waals surface area (Å²) in [6.45, 7) is 8.68. The fourth-order valence-corrected chi connectivity index (χ4v) is 2.14. The summed E-state index contributed by atoms with van der Waals surface area (Å²) in [5, 5.41) is 29.4. The standard InChI is InChI=1S/C13H26N2O5/c1-6(11(18)13(3,4)5)14-15-8-10(17)9(16)7(2)20-12(8)19/h6-10,12,14-17,19H,1-5H3/t6-,7+,8+,9+,10+,12?/m0/s1. The number of ketones is 1. The van der Waals surface area contributed by atoms with Crippen LogP contribution in [0.3, 0.4) is 0 Å². The third-order valence-corrected chi connectivity index (χ3v) is 3.46. The van der Waals surface area contributed by atoms with Crippen LogP contribution in [0.5, 0.6) is 0 Å². The molecule has 1 saturated heterocycles. The quantitative estimate of drug-likeness (QED) is 0.418. The summed E-state index contributed by atoms with van der Waals surface area (Å²) < 4.78 is 5.10. The van der Waals surface area contributed by atoms with E-state index < -0.39 is 42.1 Å². The number of aliphatic hydroxyl groups excluding tert-OH is 3.